The van der Waals surface area contributed by atoms with E-state index in [1.165, 1.54) is 0 Å². The van der Waals surface area contributed by atoms with Gasteiger partial charge in [0.25, 0.3) is 0 Å². The fourth-order valence-electron chi connectivity index (χ4n) is 1.53. The van der Waals surface area contributed by atoms with Gasteiger partial charge >= 0.3 is 5.97 Å². The fraction of sp³-hybridized carbons (Fsp3) is 0.500. The van der Waals surface area contributed by atoms with Crippen molar-refractivity contribution in [2.45, 2.75) is 32.3 Å². The lowest BCUT2D eigenvalue weighted by Crippen LogP contribution is -2.14. The van der Waals surface area contributed by atoms with E-state index in [4.69, 9.17) is 9.47 Å². The van der Waals surface area contributed by atoms with Gasteiger partial charge in [-0.2, -0.15) is 0 Å². The van der Waals surface area contributed by atoms with Crippen LogP contribution in [0.2, 0.25) is 0 Å². The second-order valence-corrected chi connectivity index (χ2v) is 5.38. The molecule has 1 aromatic carbocycles. The molecule has 0 bridgehead atoms. The Morgan fingerprint density at radius 3 is 2.76 bits per heavy atom. The topological polar surface area (TPSA) is 38.8 Å². The lowest BCUT2D eigenvalue weighted by molar-refractivity contribution is 0.0476. The summed E-state index contributed by atoms with van der Waals surface area (Å²) in [5.74, 6) is -0.272. The summed E-state index contributed by atoms with van der Waals surface area (Å²) in [6.07, 6.45) is 0.116. The van der Waals surface area contributed by atoms with Gasteiger partial charge in [-0.25, -0.2) is 4.79 Å². The lowest BCUT2D eigenvalue weighted by Gasteiger charge is -2.19. The van der Waals surface area contributed by atoms with Gasteiger partial charge in [-0.3, -0.25) is 0 Å². The van der Waals surface area contributed by atoms with Gasteiger partial charge in [0.15, 0.2) is 0 Å². The van der Waals surface area contributed by atoms with E-state index < -0.39 is 0 Å². The highest BCUT2D eigenvalue weighted by Crippen LogP contribution is 2.23. The molecule has 0 aromatic heterocycles. The Morgan fingerprint density at radius 2 is 2.18 bits per heavy atom. The molecule has 1 heterocycles. The van der Waals surface area contributed by atoms with Crippen LogP contribution in [-0.4, -0.2) is 25.3 Å². The summed E-state index contributed by atoms with van der Waals surface area (Å²) in [4.78, 5) is 11.8. The summed E-state index contributed by atoms with van der Waals surface area (Å²) in [5.41, 5.74) is 1.78. The Hall–Kier alpha value is -1.35. The molecule has 1 unspecified atom stereocenters. The zero-order valence-electron chi connectivity index (χ0n) is 10.5. The van der Waals surface area contributed by atoms with E-state index in [2.05, 4.69) is 20.8 Å². The molecule has 92 valence electrons. The average Bonchev–Trinajstić information content (AvgIpc) is 3.09. The third-order valence-corrected chi connectivity index (χ3v) is 2.77. The first-order valence-corrected chi connectivity index (χ1v) is 5.86. The lowest BCUT2D eigenvalue weighted by atomic mass is 9.86. The zero-order chi connectivity index (χ0) is 12.5. The van der Waals surface area contributed by atoms with Crippen molar-refractivity contribution < 1.29 is 14.3 Å². The number of ether oxygens (including phenoxy) is 2. The SMILES string of the molecule is CC(C)(C)c1cccc(C(=O)OCC2CO2)c1. The molecule has 0 radical (unpaired) electrons. The Labute approximate surface area is 102 Å². The number of rotatable bonds is 3. The van der Waals surface area contributed by atoms with E-state index in [1.54, 1.807) is 6.07 Å². The molecule has 0 N–H and O–H groups in total. The van der Waals surface area contributed by atoms with E-state index in [0.717, 1.165) is 5.56 Å². The predicted octanol–water partition coefficient (Wildman–Crippen LogP) is 2.54. The molecule has 1 aromatic rings. The maximum Gasteiger partial charge on any atom is 0.338 e. The number of esters is 1. The minimum absolute atomic E-state index is 0.0376. The van der Waals surface area contributed by atoms with Crippen molar-refractivity contribution in [3.8, 4) is 0 Å². The van der Waals surface area contributed by atoms with E-state index in [1.807, 2.05) is 18.2 Å². The highest BCUT2D eigenvalue weighted by molar-refractivity contribution is 5.89. The first-order chi connectivity index (χ1) is 7.97. The summed E-state index contributed by atoms with van der Waals surface area (Å²) < 4.78 is 10.2. The van der Waals surface area contributed by atoms with Gasteiger partial charge in [0.2, 0.25) is 0 Å². The van der Waals surface area contributed by atoms with Gasteiger partial charge in [-0.15, -0.1) is 0 Å². The molecule has 0 spiro atoms. The van der Waals surface area contributed by atoms with E-state index >= 15 is 0 Å². The average molecular weight is 234 g/mol. The van der Waals surface area contributed by atoms with Crippen LogP contribution in [0.25, 0.3) is 0 Å². The molecule has 3 heteroatoms. The van der Waals surface area contributed by atoms with Crippen molar-refractivity contribution in [3.63, 3.8) is 0 Å². The first-order valence-electron chi connectivity index (χ1n) is 5.86. The molecule has 0 amide bonds. The number of carbonyl (C=O) groups is 1. The summed E-state index contributed by atoms with van der Waals surface area (Å²) in [5, 5.41) is 0. The van der Waals surface area contributed by atoms with Crippen LogP contribution >= 0.6 is 0 Å². The number of hydrogen-bond acceptors (Lipinski definition) is 3. The van der Waals surface area contributed by atoms with Gasteiger partial charge in [0.1, 0.15) is 12.7 Å². The normalized spacial score (nSPS) is 18.9. The monoisotopic (exact) mass is 234 g/mol. The Kier molecular flexibility index (Phi) is 3.20. The van der Waals surface area contributed by atoms with Crippen LogP contribution in [0.3, 0.4) is 0 Å². The summed E-state index contributed by atoms with van der Waals surface area (Å²) in [6.45, 7) is 7.42. The van der Waals surface area contributed by atoms with Crippen molar-refractivity contribution in [3.05, 3.63) is 35.4 Å². The van der Waals surface area contributed by atoms with Crippen LogP contribution in [0.15, 0.2) is 24.3 Å². The zero-order valence-corrected chi connectivity index (χ0v) is 10.5. The van der Waals surface area contributed by atoms with E-state index in [0.29, 0.717) is 18.8 Å². The number of carbonyl (C=O) groups excluding carboxylic acids is 1. The molecule has 1 aliphatic rings. The second kappa shape index (κ2) is 4.49. The third kappa shape index (κ3) is 3.30. The highest BCUT2D eigenvalue weighted by atomic mass is 16.6. The maximum atomic E-state index is 11.8. The Balaban J connectivity index is 2.06. The standard InChI is InChI=1S/C14H18O3/c1-14(2,3)11-6-4-5-10(7-11)13(15)17-9-12-8-16-12/h4-7,12H,8-9H2,1-3H3. The quantitative estimate of drug-likeness (QED) is 0.596. The van der Waals surface area contributed by atoms with Crippen LogP contribution in [0, 0.1) is 0 Å². The number of hydrogen-bond donors (Lipinski definition) is 0. The van der Waals surface area contributed by atoms with Gasteiger partial charge in [-0.1, -0.05) is 32.9 Å². The molecule has 1 saturated heterocycles. The van der Waals surface area contributed by atoms with Gasteiger partial charge in [-0.05, 0) is 23.1 Å². The van der Waals surface area contributed by atoms with Crippen LogP contribution in [-0.2, 0) is 14.9 Å². The number of epoxide rings is 1. The Morgan fingerprint density at radius 1 is 1.47 bits per heavy atom. The van der Waals surface area contributed by atoms with Crippen LogP contribution < -0.4 is 0 Å². The molecule has 0 saturated carbocycles. The van der Waals surface area contributed by atoms with Crippen molar-refractivity contribution in [2.75, 3.05) is 13.2 Å². The first kappa shape index (κ1) is 12.1. The minimum atomic E-state index is -0.272. The molecule has 1 fully saturated rings. The van der Waals surface area contributed by atoms with Crippen molar-refractivity contribution in [1.29, 1.82) is 0 Å². The largest absolute Gasteiger partial charge is 0.459 e. The molecular formula is C14H18O3. The van der Waals surface area contributed by atoms with Crippen molar-refractivity contribution in [1.82, 2.24) is 0 Å². The number of benzene rings is 1. The molecule has 3 nitrogen and oxygen atoms in total. The smallest absolute Gasteiger partial charge is 0.338 e. The maximum absolute atomic E-state index is 11.8. The van der Waals surface area contributed by atoms with Crippen molar-refractivity contribution in [2.24, 2.45) is 0 Å². The molecule has 1 aliphatic heterocycles. The molecule has 2 rings (SSSR count). The van der Waals surface area contributed by atoms with Crippen LogP contribution in [0.5, 0.6) is 0 Å². The fourth-order valence-corrected chi connectivity index (χ4v) is 1.53. The van der Waals surface area contributed by atoms with Gasteiger partial charge in [0, 0.05) is 0 Å². The molecular weight excluding hydrogens is 216 g/mol. The molecule has 17 heavy (non-hydrogen) atoms. The summed E-state index contributed by atoms with van der Waals surface area (Å²) in [6, 6.07) is 7.60. The van der Waals surface area contributed by atoms with E-state index in [-0.39, 0.29) is 17.5 Å². The van der Waals surface area contributed by atoms with Gasteiger partial charge < -0.3 is 9.47 Å². The second-order valence-electron chi connectivity index (χ2n) is 5.38. The van der Waals surface area contributed by atoms with Gasteiger partial charge in [0.05, 0.1) is 12.2 Å². The highest BCUT2D eigenvalue weighted by Gasteiger charge is 2.24. The minimum Gasteiger partial charge on any atom is -0.459 e. The predicted molar refractivity (Wildman–Crippen MR) is 65.2 cm³/mol. The Bertz CT molecular complexity index is 414. The van der Waals surface area contributed by atoms with Crippen LogP contribution in [0.1, 0.15) is 36.7 Å². The summed E-state index contributed by atoms with van der Waals surface area (Å²) >= 11 is 0. The molecule has 1 atom stereocenters. The van der Waals surface area contributed by atoms with Crippen LogP contribution in [0.4, 0.5) is 0 Å². The van der Waals surface area contributed by atoms with Crippen molar-refractivity contribution >= 4 is 5.97 Å². The van der Waals surface area contributed by atoms with E-state index in [9.17, 15) is 4.79 Å². The third-order valence-electron chi connectivity index (χ3n) is 2.77. The molecule has 0 aliphatic carbocycles. The summed E-state index contributed by atoms with van der Waals surface area (Å²) in [7, 11) is 0.